The van der Waals surface area contributed by atoms with Crippen molar-refractivity contribution in [3.8, 4) is 0 Å². The minimum atomic E-state index is -3.41. The lowest BCUT2D eigenvalue weighted by atomic mass is 10.2. The summed E-state index contributed by atoms with van der Waals surface area (Å²) in [5, 5.41) is -0.116. The molecule has 1 aromatic rings. The van der Waals surface area contributed by atoms with E-state index in [0.29, 0.717) is 0 Å². The van der Waals surface area contributed by atoms with Crippen LogP contribution in [0.15, 0.2) is 23.4 Å². The van der Waals surface area contributed by atoms with Crippen LogP contribution in [0.4, 0.5) is 0 Å². The summed E-state index contributed by atoms with van der Waals surface area (Å²) >= 11 is 0. The highest BCUT2D eigenvalue weighted by atomic mass is 32.2. The second-order valence-corrected chi connectivity index (χ2v) is 5.01. The van der Waals surface area contributed by atoms with Crippen molar-refractivity contribution in [2.24, 2.45) is 0 Å². The summed E-state index contributed by atoms with van der Waals surface area (Å²) in [7, 11) is -3.41. The fourth-order valence-electron chi connectivity index (χ4n) is 1.04. The number of sulfone groups is 1. The van der Waals surface area contributed by atoms with Gasteiger partial charge in [-0.3, -0.25) is 4.79 Å². The Labute approximate surface area is 82.9 Å². The molecule has 0 aromatic carbocycles. The number of hydrogen-bond acceptors (Lipinski definition) is 4. The summed E-state index contributed by atoms with van der Waals surface area (Å²) in [5.41, 5.74) is 0.161. The van der Waals surface area contributed by atoms with Crippen LogP contribution in [0.3, 0.4) is 0 Å². The van der Waals surface area contributed by atoms with Gasteiger partial charge in [0.15, 0.2) is 20.6 Å². The zero-order chi connectivity index (χ0) is 10.8. The maximum absolute atomic E-state index is 11.5. The molecule has 0 spiro atoms. The topological polar surface area (TPSA) is 64.1 Å². The van der Waals surface area contributed by atoms with Crippen LogP contribution in [0.1, 0.15) is 24.2 Å². The van der Waals surface area contributed by atoms with Gasteiger partial charge in [-0.25, -0.2) is 13.4 Å². The third-order valence-corrected chi connectivity index (χ3v) is 3.50. The Balaban J connectivity index is 3.42. The molecule has 14 heavy (non-hydrogen) atoms. The molecule has 1 aromatic heterocycles. The predicted molar refractivity (Wildman–Crippen MR) is 52.0 cm³/mol. The molecule has 0 unspecified atom stereocenters. The molecular weight excluding hydrogens is 202 g/mol. The zero-order valence-corrected chi connectivity index (χ0v) is 8.84. The molecule has 0 amide bonds. The van der Waals surface area contributed by atoms with Crippen LogP contribution in [0.2, 0.25) is 0 Å². The lowest BCUT2D eigenvalue weighted by Gasteiger charge is -2.04. The van der Waals surface area contributed by atoms with Crippen LogP contribution < -0.4 is 0 Å². The maximum atomic E-state index is 11.5. The fourth-order valence-corrected chi connectivity index (χ4v) is 2.09. The van der Waals surface area contributed by atoms with Crippen LogP contribution in [-0.2, 0) is 9.84 Å². The van der Waals surface area contributed by atoms with Gasteiger partial charge in [-0.2, -0.15) is 0 Å². The van der Waals surface area contributed by atoms with Gasteiger partial charge in [0.25, 0.3) is 0 Å². The molecule has 0 saturated carbocycles. The molecule has 0 aliphatic carbocycles. The van der Waals surface area contributed by atoms with Crippen molar-refractivity contribution in [3.05, 3.63) is 23.9 Å². The average molecular weight is 213 g/mol. The second kappa shape index (κ2) is 3.88. The highest BCUT2D eigenvalue weighted by Crippen LogP contribution is 2.14. The quantitative estimate of drug-likeness (QED) is 0.705. The monoisotopic (exact) mass is 213 g/mol. The normalized spacial score (nSPS) is 11.3. The van der Waals surface area contributed by atoms with E-state index in [9.17, 15) is 13.2 Å². The Hall–Kier alpha value is -1.23. The van der Waals surface area contributed by atoms with Crippen LogP contribution in [0, 0.1) is 0 Å². The number of nitrogens with zero attached hydrogens (tertiary/aromatic N) is 1. The molecule has 1 heterocycles. The predicted octanol–water partition coefficient (Wildman–Crippen LogP) is 1.08. The molecule has 1 rings (SSSR count). The first-order valence-corrected chi connectivity index (χ1v) is 5.83. The smallest absolute Gasteiger partial charge is 0.196 e. The van der Waals surface area contributed by atoms with Gasteiger partial charge in [0.2, 0.25) is 0 Å². The molecule has 76 valence electrons. The SMILES string of the molecule is CCS(=O)(=O)c1ncccc1C(C)=O. The summed E-state index contributed by atoms with van der Waals surface area (Å²) in [4.78, 5) is 14.9. The van der Waals surface area contributed by atoms with Crippen molar-refractivity contribution in [1.29, 1.82) is 0 Å². The molecule has 0 atom stereocenters. The van der Waals surface area contributed by atoms with E-state index in [-0.39, 0.29) is 22.1 Å². The van der Waals surface area contributed by atoms with Gasteiger partial charge >= 0.3 is 0 Å². The van der Waals surface area contributed by atoms with Gasteiger partial charge in [0.05, 0.1) is 11.3 Å². The Morgan fingerprint density at radius 2 is 2.14 bits per heavy atom. The highest BCUT2D eigenvalue weighted by molar-refractivity contribution is 7.91. The summed E-state index contributed by atoms with van der Waals surface area (Å²) in [6.07, 6.45) is 1.37. The molecule has 5 heteroatoms. The van der Waals surface area contributed by atoms with Gasteiger partial charge in [0, 0.05) is 6.20 Å². The third kappa shape index (κ3) is 1.98. The second-order valence-electron chi connectivity index (χ2n) is 2.82. The number of Topliss-reactive ketones (excluding diaryl/α,β-unsaturated/α-hetero) is 1. The molecule has 0 fully saturated rings. The molecule has 0 aliphatic heterocycles. The zero-order valence-electron chi connectivity index (χ0n) is 8.02. The third-order valence-electron chi connectivity index (χ3n) is 1.83. The highest BCUT2D eigenvalue weighted by Gasteiger charge is 2.19. The van der Waals surface area contributed by atoms with E-state index in [2.05, 4.69) is 4.98 Å². The number of pyridine rings is 1. The minimum absolute atomic E-state index is 0.0513. The van der Waals surface area contributed by atoms with E-state index in [1.54, 1.807) is 6.07 Å². The number of ketones is 1. The Morgan fingerprint density at radius 3 is 2.64 bits per heavy atom. The largest absolute Gasteiger partial charge is 0.294 e. The summed E-state index contributed by atoms with van der Waals surface area (Å²) < 4.78 is 23.0. The van der Waals surface area contributed by atoms with Crippen molar-refractivity contribution in [2.75, 3.05) is 5.75 Å². The summed E-state index contributed by atoms with van der Waals surface area (Å²) in [5.74, 6) is -0.338. The van der Waals surface area contributed by atoms with Crippen molar-refractivity contribution >= 4 is 15.6 Å². The first-order chi connectivity index (χ1) is 6.49. The minimum Gasteiger partial charge on any atom is -0.294 e. The Kier molecular flexibility index (Phi) is 3.00. The molecular formula is C9H11NO3S. The van der Waals surface area contributed by atoms with Gasteiger partial charge in [-0.05, 0) is 19.1 Å². The van der Waals surface area contributed by atoms with Gasteiger partial charge in [-0.1, -0.05) is 6.92 Å². The van der Waals surface area contributed by atoms with E-state index >= 15 is 0 Å². The summed E-state index contributed by atoms with van der Waals surface area (Å²) in [6.45, 7) is 2.85. The molecule has 0 bridgehead atoms. The van der Waals surface area contributed by atoms with Crippen molar-refractivity contribution in [2.45, 2.75) is 18.9 Å². The molecule has 4 nitrogen and oxygen atoms in total. The van der Waals surface area contributed by atoms with E-state index in [1.807, 2.05) is 0 Å². The van der Waals surface area contributed by atoms with Crippen molar-refractivity contribution in [3.63, 3.8) is 0 Å². The molecule has 0 radical (unpaired) electrons. The fraction of sp³-hybridized carbons (Fsp3) is 0.333. The van der Waals surface area contributed by atoms with Crippen molar-refractivity contribution < 1.29 is 13.2 Å². The maximum Gasteiger partial charge on any atom is 0.196 e. The first-order valence-electron chi connectivity index (χ1n) is 4.17. The van der Waals surface area contributed by atoms with Gasteiger partial charge in [-0.15, -0.1) is 0 Å². The van der Waals surface area contributed by atoms with E-state index in [0.717, 1.165) is 0 Å². The number of aromatic nitrogens is 1. The molecule has 0 N–H and O–H groups in total. The molecule has 0 saturated heterocycles. The first kappa shape index (κ1) is 10.8. The lowest BCUT2D eigenvalue weighted by molar-refractivity contribution is 0.101. The van der Waals surface area contributed by atoms with E-state index in [1.165, 1.54) is 26.1 Å². The summed E-state index contributed by atoms with van der Waals surface area (Å²) in [6, 6.07) is 3.02. The van der Waals surface area contributed by atoms with Gasteiger partial charge < -0.3 is 0 Å². The standard InChI is InChI=1S/C9H11NO3S/c1-3-14(12,13)9-8(7(2)11)5-4-6-10-9/h4-6H,3H2,1-2H3. The Bertz CT molecular complexity index is 451. The van der Waals surface area contributed by atoms with Gasteiger partial charge in [0.1, 0.15) is 0 Å². The lowest BCUT2D eigenvalue weighted by Crippen LogP contribution is -2.11. The Morgan fingerprint density at radius 1 is 1.50 bits per heavy atom. The number of carbonyl (C=O) groups excluding carboxylic acids is 1. The molecule has 0 aliphatic rings. The van der Waals surface area contributed by atoms with Crippen LogP contribution in [-0.4, -0.2) is 24.9 Å². The van der Waals surface area contributed by atoms with E-state index in [4.69, 9.17) is 0 Å². The number of hydrogen-bond donors (Lipinski definition) is 0. The van der Waals surface area contributed by atoms with E-state index < -0.39 is 9.84 Å². The number of rotatable bonds is 3. The van der Waals surface area contributed by atoms with Crippen LogP contribution in [0.25, 0.3) is 0 Å². The van der Waals surface area contributed by atoms with Crippen LogP contribution in [0.5, 0.6) is 0 Å². The van der Waals surface area contributed by atoms with Crippen LogP contribution >= 0.6 is 0 Å². The van der Waals surface area contributed by atoms with Crippen molar-refractivity contribution in [1.82, 2.24) is 4.98 Å². The number of carbonyl (C=O) groups is 1. The average Bonchev–Trinajstić information content (AvgIpc) is 2.18.